The third kappa shape index (κ3) is 5.33. The zero-order valence-corrected chi connectivity index (χ0v) is 19.8. The largest absolute Gasteiger partial charge is 0.459 e. The van der Waals surface area contributed by atoms with Crippen molar-refractivity contribution >= 4 is 21.8 Å². The molecule has 0 bridgehead atoms. The van der Waals surface area contributed by atoms with Crippen molar-refractivity contribution in [2.75, 3.05) is 6.54 Å². The van der Waals surface area contributed by atoms with Crippen LogP contribution in [-0.4, -0.2) is 32.3 Å². The van der Waals surface area contributed by atoms with Crippen LogP contribution in [0.1, 0.15) is 55.1 Å². The number of rotatable bonds is 7. The molecule has 34 heavy (non-hydrogen) atoms. The highest BCUT2D eigenvalue weighted by molar-refractivity contribution is 7.89. The van der Waals surface area contributed by atoms with E-state index in [1.165, 1.54) is 6.07 Å². The van der Waals surface area contributed by atoms with Crippen molar-refractivity contribution in [1.29, 1.82) is 0 Å². The summed E-state index contributed by atoms with van der Waals surface area (Å²) in [6.45, 7) is 4.77. The fourth-order valence-corrected chi connectivity index (χ4v) is 5.31. The van der Waals surface area contributed by atoms with E-state index < -0.39 is 49.4 Å². The standard InChI is InChI=1S/C24H26F3NO5S/c1-22(2,3)33-21(30)23(15-16-9-4-5-10-17(16)20(23)29)13-8-14-28-34(31,32)19-12-7-6-11-18(19)24(25,26)27/h4-7,9-12,28H,8,13-15H2,1-3H3/t23-/m1/s1. The highest BCUT2D eigenvalue weighted by Gasteiger charge is 2.52. The van der Waals surface area contributed by atoms with E-state index in [-0.39, 0.29) is 25.8 Å². The highest BCUT2D eigenvalue weighted by atomic mass is 32.2. The second-order valence-corrected chi connectivity index (χ2v) is 11.0. The van der Waals surface area contributed by atoms with E-state index in [1.807, 2.05) is 0 Å². The maximum atomic E-state index is 13.2. The van der Waals surface area contributed by atoms with Gasteiger partial charge in [0.15, 0.2) is 5.78 Å². The number of esters is 1. The van der Waals surface area contributed by atoms with Crippen LogP contribution in [0.2, 0.25) is 0 Å². The Kier molecular flexibility index (Phi) is 6.96. The molecule has 0 amide bonds. The summed E-state index contributed by atoms with van der Waals surface area (Å²) in [7, 11) is -4.48. The molecule has 6 nitrogen and oxygen atoms in total. The van der Waals surface area contributed by atoms with Crippen LogP contribution in [0.15, 0.2) is 53.4 Å². The summed E-state index contributed by atoms with van der Waals surface area (Å²) in [4.78, 5) is 25.5. The number of ketones is 1. The molecule has 0 aliphatic heterocycles. The van der Waals surface area contributed by atoms with E-state index in [9.17, 15) is 31.2 Å². The Labute approximate surface area is 196 Å². The van der Waals surface area contributed by atoms with E-state index in [4.69, 9.17) is 4.74 Å². The van der Waals surface area contributed by atoms with Crippen molar-refractivity contribution < 1.29 is 35.9 Å². The summed E-state index contributed by atoms with van der Waals surface area (Å²) in [5, 5.41) is 0. The summed E-state index contributed by atoms with van der Waals surface area (Å²) in [6.07, 6.45) is -4.72. The van der Waals surface area contributed by atoms with Gasteiger partial charge in [0.25, 0.3) is 0 Å². The number of sulfonamides is 1. The molecule has 1 aliphatic rings. The Bertz CT molecular complexity index is 1200. The van der Waals surface area contributed by atoms with Crippen LogP contribution in [0.4, 0.5) is 13.2 Å². The van der Waals surface area contributed by atoms with Crippen molar-refractivity contribution in [1.82, 2.24) is 4.72 Å². The second-order valence-electron chi connectivity index (χ2n) is 9.24. The van der Waals surface area contributed by atoms with Crippen LogP contribution < -0.4 is 4.72 Å². The molecule has 0 fully saturated rings. The number of hydrogen-bond acceptors (Lipinski definition) is 5. The number of nitrogens with one attached hydrogen (secondary N) is 1. The van der Waals surface area contributed by atoms with Gasteiger partial charge >= 0.3 is 12.1 Å². The molecule has 1 aliphatic carbocycles. The minimum absolute atomic E-state index is 0.0289. The number of fused-ring (bicyclic) bond motifs is 1. The third-order valence-corrected chi connectivity index (χ3v) is 7.05. The van der Waals surface area contributed by atoms with Gasteiger partial charge in [-0.05, 0) is 57.7 Å². The molecule has 0 aromatic heterocycles. The third-order valence-electron chi connectivity index (χ3n) is 5.53. The minimum atomic E-state index is -4.84. The molecular weight excluding hydrogens is 471 g/mol. The zero-order chi connectivity index (χ0) is 25.4. The SMILES string of the molecule is CC(C)(C)OC(=O)[C@]1(CCCNS(=O)(=O)c2ccccc2C(F)(F)F)Cc2ccccc2C1=O. The van der Waals surface area contributed by atoms with E-state index in [1.54, 1.807) is 45.0 Å². The fraction of sp³-hybridized carbons (Fsp3) is 0.417. The number of hydrogen-bond donors (Lipinski definition) is 1. The van der Waals surface area contributed by atoms with Gasteiger partial charge in [0.1, 0.15) is 11.0 Å². The van der Waals surface area contributed by atoms with Crippen molar-refractivity contribution in [2.24, 2.45) is 5.41 Å². The average Bonchev–Trinajstić information content (AvgIpc) is 3.03. The number of alkyl halides is 3. The van der Waals surface area contributed by atoms with E-state index in [0.29, 0.717) is 17.2 Å². The summed E-state index contributed by atoms with van der Waals surface area (Å²) in [6, 6.07) is 10.7. The molecule has 0 unspecified atom stereocenters. The van der Waals surface area contributed by atoms with Crippen LogP contribution >= 0.6 is 0 Å². The molecule has 3 rings (SSSR count). The van der Waals surface area contributed by atoms with Gasteiger partial charge < -0.3 is 4.74 Å². The quantitative estimate of drug-likeness (QED) is 0.345. The second kappa shape index (κ2) is 9.14. The molecular formula is C24H26F3NO5S. The van der Waals surface area contributed by atoms with Gasteiger partial charge in [-0.1, -0.05) is 36.4 Å². The Morgan fingerprint density at radius 1 is 1.06 bits per heavy atom. The molecule has 0 spiro atoms. The van der Waals surface area contributed by atoms with Gasteiger partial charge in [-0.15, -0.1) is 0 Å². The Hall–Kier alpha value is -2.72. The lowest BCUT2D eigenvalue weighted by atomic mass is 9.79. The molecule has 10 heteroatoms. The topological polar surface area (TPSA) is 89.5 Å². The summed E-state index contributed by atoms with van der Waals surface area (Å²) >= 11 is 0. The first-order valence-electron chi connectivity index (χ1n) is 10.7. The molecule has 184 valence electrons. The van der Waals surface area contributed by atoms with Gasteiger partial charge in [0, 0.05) is 12.1 Å². The average molecular weight is 498 g/mol. The van der Waals surface area contributed by atoms with Crippen molar-refractivity contribution in [3.63, 3.8) is 0 Å². The van der Waals surface area contributed by atoms with E-state index in [0.717, 1.165) is 12.1 Å². The molecule has 1 atom stereocenters. The molecule has 2 aromatic rings. The first-order valence-corrected chi connectivity index (χ1v) is 12.2. The monoisotopic (exact) mass is 497 g/mol. The molecule has 0 heterocycles. The van der Waals surface area contributed by atoms with E-state index in [2.05, 4.69) is 4.72 Å². The van der Waals surface area contributed by atoms with Crippen molar-refractivity contribution in [3.8, 4) is 0 Å². The number of Topliss-reactive ketones (excluding diaryl/α,β-unsaturated/α-hetero) is 1. The molecule has 2 aromatic carbocycles. The van der Waals surface area contributed by atoms with Gasteiger partial charge in [-0.2, -0.15) is 13.2 Å². The maximum absolute atomic E-state index is 13.2. The Balaban J connectivity index is 1.78. The predicted octanol–water partition coefficient (Wildman–Crippen LogP) is 4.53. The van der Waals surface area contributed by atoms with Crippen molar-refractivity contribution in [3.05, 3.63) is 65.2 Å². The highest BCUT2D eigenvalue weighted by Crippen LogP contribution is 2.42. The van der Waals surface area contributed by atoms with E-state index >= 15 is 0 Å². The zero-order valence-electron chi connectivity index (χ0n) is 19.0. The lowest BCUT2D eigenvalue weighted by molar-refractivity contribution is -0.164. The molecule has 0 saturated heterocycles. The molecule has 0 radical (unpaired) electrons. The number of halogens is 3. The summed E-state index contributed by atoms with van der Waals surface area (Å²) in [5.41, 5.74) is -2.53. The van der Waals surface area contributed by atoms with Crippen LogP contribution in [0, 0.1) is 5.41 Å². The minimum Gasteiger partial charge on any atom is -0.459 e. The van der Waals surface area contributed by atoms with Gasteiger partial charge in [-0.3, -0.25) is 9.59 Å². The smallest absolute Gasteiger partial charge is 0.417 e. The van der Waals surface area contributed by atoms with Crippen LogP contribution in [0.25, 0.3) is 0 Å². The van der Waals surface area contributed by atoms with Crippen LogP contribution in [-0.2, 0) is 32.2 Å². The van der Waals surface area contributed by atoms with Gasteiger partial charge in [0.2, 0.25) is 10.0 Å². The summed E-state index contributed by atoms with van der Waals surface area (Å²) in [5.74, 6) is -1.10. The Morgan fingerprint density at radius 2 is 1.68 bits per heavy atom. The molecule has 1 N–H and O–H groups in total. The first-order chi connectivity index (χ1) is 15.7. The normalized spacial score (nSPS) is 18.6. The lowest BCUT2D eigenvalue weighted by Crippen LogP contribution is -2.42. The van der Waals surface area contributed by atoms with Crippen LogP contribution in [0.3, 0.4) is 0 Å². The molecule has 0 saturated carbocycles. The Morgan fingerprint density at radius 3 is 2.29 bits per heavy atom. The maximum Gasteiger partial charge on any atom is 0.417 e. The van der Waals surface area contributed by atoms with Gasteiger partial charge in [0.05, 0.1) is 10.5 Å². The fourth-order valence-electron chi connectivity index (χ4n) is 4.01. The first kappa shape index (κ1) is 25.9. The van der Waals surface area contributed by atoms with Gasteiger partial charge in [-0.25, -0.2) is 13.1 Å². The van der Waals surface area contributed by atoms with Crippen LogP contribution in [0.5, 0.6) is 0 Å². The number of carbonyl (C=O) groups is 2. The summed E-state index contributed by atoms with van der Waals surface area (Å²) < 4.78 is 72.5. The predicted molar refractivity (Wildman–Crippen MR) is 119 cm³/mol. The number of ether oxygens (including phenoxy) is 1. The van der Waals surface area contributed by atoms with Crippen molar-refractivity contribution in [2.45, 2.75) is 56.7 Å². The number of benzene rings is 2. The number of carbonyl (C=O) groups excluding carboxylic acids is 2. The lowest BCUT2D eigenvalue weighted by Gasteiger charge is -2.30.